The maximum Gasteiger partial charge on any atom is 0.171 e. The monoisotopic (exact) mass is 463 g/mol. The van der Waals surface area contributed by atoms with Crippen LogP contribution in [0.15, 0.2) is 91.0 Å². The van der Waals surface area contributed by atoms with E-state index in [9.17, 15) is 10.4 Å². The molecule has 0 radical (unpaired) electrons. The molecule has 3 nitrogen and oxygen atoms in total. The molecule has 33 heavy (non-hydrogen) atoms. The van der Waals surface area contributed by atoms with Crippen LogP contribution in [-0.4, -0.2) is 5.21 Å². The standard InChI is InChI=1S/C28H17NO2S2/c30-29(31)21-10-4-1-7-17(21)20-15-16-13-14-24-26(18-8-2-5-11-22(18)32-24)25(16)27-19-9-3-6-12-23(19)33-28(20)27/h1-15,29-30H. The smallest absolute Gasteiger partial charge is 0.171 e. The minimum absolute atomic E-state index is 0.331. The third-order valence-electron chi connectivity index (χ3n) is 6.41. The number of hydrogen-bond acceptors (Lipinski definition) is 4. The predicted molar refractivity (Wildman–Crippen MR) is 141 cm³/mol. The number of benzene rings is 5. The lowest BCUT2D eigenvalue weighted by Crippen LogP contribution is -2.99. The van der Waals surface area contributed by atoms with Gasteiger partial charge in [0.2, 0.25) is 0 Å². The fraction of sp³-hybridized carbons (Fsp3) is 0. The summed E-state index contributed by atoms with van der Waals surface area (Å²) in [6.07, 6.45) is 0. The lowest BCUT2D eigenvalue weighted by atomic mass is 9.93. The van der Waals surface area contributed by atoms with Crippen LogP contribution in [0.4, 0.5) is 5.69 Å². The summed E-state index contributed by atoms with van der Waals surface area (Å²) >= 11 is 3.57. The van der Waals surface area contributed by atoms with Gasteiger partial charge in [-0.2, -0.15) is 5.23 Å². The SMILES string of the molecule is [O-][NH+](O)c1ccccc1-c1cc2ccc3sc4ccccc4c3c2c2c1sc1ccccc12. The molecule has 0 amide bonds. The van der Waals surface area contributed by atoms with E-state index in [0.29, 0.717) is 5.69 Å². The fourth-order valence-corrected chi connectivity index (χ4v) is 7.38. The van der Waals surface area contributed by atoms with Crippen LogP contribution in [0.2, 0.25) is 0 Å². The van der Waals surface area contributed by atoms with E-state index in [2.05, 4.69) is 66.7 Å². The van der Waals surface area contributed by atoms with E-state index in [-0.39, 0.29) is 0 Å². The number of quaternary nitrogens is 1. The molecule has 2 aromatic heterocycles. The topological polar surface area (TPSA) is 47.7 Å². The molecule has 0 saturated carbocycles. The summed E-state index contributed by atoms with van der Waals surface area (Å²) in [5.74, 6) is 0. The first-order chi connectivity index (χ1) is 16.2. The Morgan fingerprint density at radius 1 is 0.606 bits per heavy atom. The van der Waals surface area contributed by atoms with Crippen molar-refractivity contribution < 1.29 is 10.4 Å². The van der Waals surface area contributed by atoms with Crippen LogP contribution in [0, 0.1) is 5.21 Å². The molecule has 2 N–H and O–H groups in total. The lowest BCUT2D eigenvalue weighted by Gasteiger charge is -2.17. The molecule has 7 aromatic rings. The van der Waals surface area contributed by atoms with Crippen LogP contribution in [0.25, 0.3) is 62.2 Å². The van der Waals surface area contributed by atoms with Gasteiger partial charge < -0.3 is 5.21 Å². The number of hydrogen-bond donors (Lipinski definition) is 2. The van der Waals surface area contributed by atoms with E-state index in [1.54, 1.807) is 23.5 Å². The number of nitrogens with one attached hydrogen (secondary N) is 1. The molecular weight excluding hydrogens is 446 g/mol. The first-order valence-electron chi connectivity index (χ1n) is 10.7. The van der Waals surface area contributed by atoms with E-state index in [1.165, 1.54) is 41.0 Å². The van der Waals surface area contributed by atoms with Gasteiger partial charge in [0.05, 0.1) is 0 Å². The summed E-state index contributed by atoms with van der Waals surface area (Å²) in [6, 6.07) is 31.0. The molecule has 1 unspecified atom stereocenters. The molecular formula is C28H17NO2S2. The third-order valence-corrected chi connectivity index (χ3v) is 8.75. The van der Waals surface area contributed by atoms with Crippen molar-refractivity contribution in [3.63, 3.8) is 0 Å². The van der Waals surface area contributed by atoms with Crippen LogP contribution >= 0.6 is 22.7 Å². The van der Waals surface area contributed by atoms with E-state index in [0.717, 1.165) is 21.2 Å². The summed E-state index contributed by atoms with van der Waals surface area (Å²) < 4.78 is 4.91. The van der Waals surface area contributed by atoms with Crippen molar-refractivity contribution in [3.8, 4) is 11.1 Å². The minimum atomic E-state index is -0.903. The number of rotatable bonds is 2. The van der Waals surface area contributed by atoms with Gasteiger partial charge in [-0.3, -0.25) is 0 Å². The second kappa shape index (κ2) is 7.09. The number of thiophene rings is 2. The summed E-state index contributed by atoms with van der Waals surface area (Å²) in [6.45, 7) is 0. The summed E-state index contributed by atoms with van der Waals surface area (Å²) in [7, 11) is 0. The predicted octanol–water partition coefficient (Wildman–Crippen LogP) is 7.65. The first-order valence-corrected chi connectivity index (χ1v) is 12.3. The third kappa shape index (κ3) is 2.72. The fourth-order valence-electron chi connectivity index (χ4n) is 5.03. The Bertz CT molecular complexity index is 1860. The highest BCUT2D eigenvalue weighted by molar-refractivity contribution is 7.27. The zero-order valence-corrected chi connectivity index (χ0v) is 19.0. The van der Waals surface area contributed by atoms with Crippen molar-refractivity contribution in [1.29, 1.82) is 0 Å². The normalized spacial score (nSPS) is 13.0. The van der Waals surface area contributed by atoms with Gasteiger partial charge in [-0.15, -0.1) is 22.7 Å². The van der Waals surface area contributed by atoms with E-state index in [1.807, 2.05) is 23.5 Å². The molecule has 158 valence electrons. The summed E-state index contributed by atoms with van der Waals surface area (Å²) in [5, 5.41) is 28.4. The zero-order valence-electron chi connectivity index (χ0n) is 17.3. The van der Waals surface area contributed by atoms with Crippen LogP contribution in [0.1, 0.15) is 0 Å². The Morgan fingerprint density at radius 2 is 1.27 bits per heavy atom. The van der Waals surface area contributed by atoms with Crippen molar-refractivity contribution >= 4 is 79.5 Å². The highest BCUT2D eigenvalue weighted by Gasteiger charge is 2.20. The Labute approximate surface area is 196 Å². The second-order valence-electron chi connectivity index (χ2n) is 8.21. The molecule has 1 atom stereocenters. The van der Waals surface area contributed by atoms with Gasteiger partial charge in [-0.1, -0.05) is 54.6 Å². The van der Waals surface area contributed by atoms with Crippen LogP contribution in [0.3, 0.4) is 0 Å². The summed E-state index contributed by atoms with van der Waals surface area (Å²) in [4.78, 5) is 0. The van der Waals surface area contributed by atoms with Crippen molar-refractivity contribution in [1.82, 2.24) is 0 Å². The highest BCUT2D eigenvalue weighted by Crippen LogP contribution is 2.49. The van der Waals surface area contributed by atoms with Gasteiger partial charge in [-0.25, -0.2) is 5.21 Å². The second-order valence-corrected chi connectivity index (χ2v) is 10.3. The molecule has 0 bridgehead atoms. The summed E-state index contributed by atoms with van der Waals surface area (Å²) in [5.41, 5.74) is 2.08. The van der Waals surface area contributed by atoms with Gasteiger partial charge in [0.25, 0.3) is 0 Å². The van der Waals surface area contributed by atoms with Gasteiger partial charge in [0.1, 0.15) is 0 Å². The minimum Gasteiger partial charge on any atom is -0.595 e. The average Bonchev–Trinajstić information content (AvgIpc) is 3.42. The zero-order chi connectivity index (χ0) is 22.1. The molecule has 2 heterocycles. The first kappa shape index (κ1) is 19.2. The molecule has 7 rings (SSSR count). The maximum absolute atomic E-state index is 12.1. The number of fused-ring (bicyclic) bond motifs is 9. The van der Waals surface area contributed by atoms with Crippen molar-refractivity contribution in [2.75, 3.05) is 0 Å². The van der Waals surface area contributed by atoms with Gasteiger partial charge in [0, 0.05) is 62.9 Å². The van der Waals surface area contributed by atoms with Crippen LogP contribution in [0.5, 0.6) is 0 Å². The lowest BCUT2D eigenvalue weighted by molar-refractivity contribution is -0.991. The molecule has 5 heteroatoms. The van der Waals surface area contributed by atoms with Crippen molar-refractivity contribution in [2.45, 2.75) is 0 Å². The molecule has 0 spiro atoms. The van der Waals surface area contributed by atoms with E-state index in [4.69, 9.17) is 0 Å². The largest absolute Gasteiger partial charge is 0.595 e. The Hall–Kier alpha value is -3.32. The molecule has 0 aliphatic carbocycles. The van der Waals surface area contributed by atoms with Gasteiger partial charge in [0.15, 0.2) is 5.69 Å². The Balaban J connectivity index is 1.76. The van der Waals surface area contributed by atoms with Crippen molar-refractivity contribution in [3.05, 3.63) is 96.2 Å². The van der Waals surface area contributed by atoms with E-state index < -0.39 is 5.23 Å². The molecule has 0 saturated heterocycles. The number of para-hydroxylation sites is 1. The molecule has 0 fully saturated rings. The maximum atomic E-state index is 12.1. The van der Waals surface area contributed by atoms with Gasteiger partial charge >= 0.3 is 0 Å². The molecule has 0 aliphatic heterocycles. The van der Waals surface area contributed by atoms with Crippen molar-refractivity contribution in [2.24, 2.45) is 0 Å². The van der Waals surface area contributed by atoms with Crippen LogP contribution < -0.4 is 5.23 Å². The Morgan fingerprint density at radius 3 is 2.06 bits per heavy atom. The Kier molecular flexibility index (Phi) is 4.12. The quantitative estimate of drug-likeness (QED) is 0.259. The van der Waals surface area contributed by atoms with Gasteiger partial charge in [-0.05, 0) is 35.7 Å². The van der Waals surface area contributed by atoms with E-state index >= 15 is 0 Å². The van der Waals surface area contributed by atoms with Crippen LogP contribution in [-0.2, 0) is 0 Å². The molecule has 0 aliphatic rings. The highest BCUT2D eigenvalue weighted by atomic mass is 32.1. The average molecular weight is 464 g/mol. The molecule has 5 aromatic carbocycles.